The molecule has 23 heavy (non-hydrogen) atoms. The third kappa shape index (κ3) is 3.58. The average molecular weight is 334 g/mol. The summed E-state index contributed by atoms with van der Waals surface area (Å²) < 4.78 is 10.5. The number of hydrogen-bond acceptors (Lipinski definition) is 6. The Balaban J connectivity index is 1.60. The Morgan fingerprint density at radius 1 is 1.30 bits per heavy atom. The molecule has 2 heterocycles. The summed E-state index contributed by atoms with van der Waals surface area (Å²) in [5.74, 6) is 2.29. The molecule has 1 unspecified atom stereocenters. The number of benzene rings is 1. The van der Waals surface area contributed by atoms with Crippen LogP contribution in [0.4, 0.5) is 5.69 Å². The molecular formula is C15H18N4O3S. The molecule has 2 N–H and O–H groups in total. The Hall–Kier alpha value is -2.22. The molecule has 7 nitrogen and oxygen atoms in total. The van der Waals surface area contributed by atoms with Crippen LogP contribution in [-0.2, 0) is 4.79 Å². The minimum absolute atomic E-state index is 0.121. The fourth-order valence-corrected chi connectivity index (χ4v) is 2.73. The molecule has 0 spiro atoms. The van der Waals surface area contributed by atoms with E-state index in [9.17, 15) is 4.79 Å². The first-order valence-electron chi connectivity index (χ1n) is 7.32. The minimum Gasteiger partial charge on any atom is -0.454 e. The molecule has 1 aromatic heterocycles. The largest absolute Gasteiger partial charge is 0.454 e. The highest BCUT2D eigenvalue weighted by atomic mass is 32.2. The lowest BCUT2D eigenvalue weighted by atomic mass is 10.2. The first kappa shape index (κ1) is 15.7. The molecule has 0 saturated carbocycles. The summed E-state index contributed by atoms with van der Waals surface area (Å²) in [5, 5.41) is 10.1. The van der Waals surface area contributed by atoms with Crippen LogP contribution in [0.5, 0.6) is 11.5 Å². The number of amides is 1. The second-order valence-electron chi connectivity index (χ2n) is 5.48. The smallest absolute Gasteiger partial charge is 0.237 e. The van der Waals surface area contributed by atoms with Gasteiger partial charge in [-0.2, -0.15) is 0 Å². The van der Waals surface area contributed by atoms with Crippen LogP contribution in [0, 0.1) is 0 Å². The summed E-state index contributed by atoms with van der Waals surface area (Å²) in [5.41, 5.74) is 0.671. The average Bonchev–Trinajstić information content (AvgIpc) is 3.15. The number of aromatic amines is 1. The molecule has 122 valence electrons. The van der Waals surface area contributed by atoms with E-state index in [0.717, 1.165) is 5.82 Å². The van der Waals surface area contributed by atoms with E-state index in [1.54, 1.807) is 18.2 Å². The van der Waals surface area contributed by atoms with Gasteiger partial charge in [0.15, 0.2) is 11.5 Å². The highest BCUT2D eigenvalue weighted by Gasteiger charge is 2.19. The lowest BCUT2D eigenvalue weighted by Crippen LogP contribution is -2.22. The van der Waals surface area contributed by atoms with Crippen molar-refractivity contribution in [3.63, 3.8) is 0 Å². The molecule has 3 rings (SSSR count). The lowest BCUT2D eigenvalue weighted by molar-refractivity contribution is -0.115. The molecule has 0 fully saturated rings. The minimum atomic E-state index is -0.323. The number of rotatable bonds is 5. The first-order valence-corrected chi connectivity index (χ1v) is 8.20. The third-order valence-electron chi connectivity index (χ3n) is 3.32. The zero-order valence-electron chi connectivity index (χ0n) is 13.1. The van der Waals surface area contributed by atoms with Gasteiger partial charge in [0, 0.05) is 17.7 Å². The van der Waals surface area contributed by atoms with E-state index in [-0.39, 0.29) is 23.9 Å². The molecule has 0 saturated heterocycles. The van der Waals surface area contributed by atoms with Crippen molar-refractivity contribution in [2.24, 2.45) is 0 Å². The van der Waals surface area contributed by atoms with Crippen LogP contribution in [0.1, 0.15) is 32.5 Å². The van der Waals surface area contributed by atoms with E-state index in [1.807, 2.05) is 20.8 Å². The van der Waals surface area contributed by atoms with Gasteiger partial charge < -0.3 is 14.8 Å². The van der Waals surface area contributed by atoms with Gasteiger partial charge in [-0.15, -0.1) is 5.10 Å². The number of thioether (sulfide) groups is 1. The van der Waals surface area contributed by atoms with Crippen LogP contribution in [0.25, 0.3) is 0 Å². The van der Waals surface area contributed by atoms with Crippen molar-refractivity contribution in [1.29, 1.82) is 0 Å². The van der Waals surface area contributed by atoms with Gasteiger partial charge in [0.2, 0.25) is 17.9 Å². The van der Waals surface area contributed by atoms with Crippen LogP contribution >= 0.6 is 11.8 Å². The van der Waals surface area contributed by atoms with Gasteiger partial charge >= 0.3 is 0 Å². The number of H-pyrrole nitrogens is 1. The van der Waals surface area contributed by atoms with Gasteiger partial charge in [-0.1, -0.05) is 25.6 Å². The van der Waals surface area contributed by atoms with Crippen LogP contribution in [0.15, 0.2) is 23.4 Å². The number of anilines is 1. The SMILES string of the molecule is CC(Sc1n[nH]c(C(C)C)n1)C(=O)Nc1ccc2c(c1)OCO2. The molecule has 8 heteroatoms. The van der Waals surface area contributed by atoms with Crippen molar-refractivity contribution in [1.82, 2.24) is 15.2 Å². The van der Waals surface area contributed by atoms with Gasteiger partial charge in [0.05, 0.1) is 5.25 Å². The molecular weight excluding hydrogens is 316 g/mol. The van der Waals surface area contributed by atoms with Crippen molar-refractivity contribution in [2.75, 3.05) is 12.1 Å². The number of ether oxygens (including phenoxy) is 2. The summed E-state index contributed by atoms with van der Waals surface area (Å²) in [6.45, 7) is 6.09. The van der Waals surface area contributed by atoms with Crippen molar-refractivity contribution < 1.29 is 14.3 Å². The van der Waals surface area contributed by atoms with E-state index in [4.69, 9.17) is 9.47 Å². The molecule has 1 atom stereocenters. The molecule has 2 aromatic rings. The van der Waals surface area contributed by atoms with Crippen LogP contribution in [-0.4, -0.2) is 33.1 Å². The number of hydrogen-bond donors (Lipinski definition) is 2. The maximum atomic E-state index is 12.3. The zero-order chi connectivity index (χ0) is 16.4. The molecule has 1 aliphatic heterocycles. The second kappa shape index (κ2) is 6.49. The summed E-state index contributed by atoms with van der Waals surface area (Å²) in [6.07, 6.45) is 0. The molecule has 0 radical (unpaired) electrons. The van der Waals surface area contributed by atoms with Crippen LogP contribution in [0.2, 0.25) is 0 Å². The Morgan fingerprint density at radius 2 is 2.09 bits per heavy atom. The van der Waals surface area contributed by atoms with E-state index in [2.05, 4.69) is 20.5 Å². The fraction of sp³-hybridized carbons (Fsp3) is 0.400. The zero-order valence-corrected chi connectivity index (χ0v) is 13.9. The maximum Gasteiger partial charge on any atom is 0.237 e. The summed E-state index contributed by atoms with van der Waals surface area (Å²) in [7, 11) is 0. The number of carbonyl (C=O) groups is 1. The van der Waals surface area contributed by atoms with Crippen molar-refractivity contribution in [2.45, 2.75) is 37.1 Å². The van der Waals surface area contributed by atoms with Gasteiger partial charge in [0.25, 0.3) is 0 Å². The van der Waals surface area contributed by atoms with Gasteiger partial charge in [-0.05, 0) is 19.1 Å². The Morgan fingerprint density at radius 3 is 2.83 bits per heavy atom. The predicted octanol–water partition coefficient (Wildman–Crippen LogP) is 2.78. The standard InChI is InChI=1S/C15H18N4O3S/c1-8(2)13-17-15(19-18-13)23-9(3)14(20)16-10-4-5-11-12(6-10)22-7-21-11/h4-6,8-9H,7H2,1-3H3,(H,16,20)(H,17,18,19). The lowest BCUT2D eigenvalue weighted by Gasteiger charge is -2.10. The normalized spacial score (nSPS) is 14.1. The molecule has 1 aliphatic rings. The highest BCUT2D eigenvalue weighted by molar-refractivity contribution is 8.00. The third-order valence-corrected chi connectivity index (χ3v) is 4.28. The monoisotopic (exact) mass is 334 g/mol. The van der Waals surface area contributed by atoms with Crippen molar-refractivity contribution >= 4 is 23.4 Å². The van der Waals surface area contributed by atoms with Crippen LogP contribution in [0.3, 0.4) is 0 Å². The molecule has 0 bridgehead atoms. The Labute approximate surface area is 138 Å². The quantitative estimate of drug-likeness (QED) is 0.817. The summed E-state index contributed by atoms with van der Waals surface area (Å²) >= 11 is 1.31. The van der Waals surface area contributed by atoms with Crippen molar-refractivity contribution in [3.8, 4) is 11.5 Å². The van der Waals surface area contributed by atoms with E-state index in [0.29, 0.717) is 22.3 Å². The van der Waals surface area contributed by atoms with Gasteiger partial charge in [-0.3, -0.25) is 9.89 Å². The fourth-order valence-electron chi connectivity index (χ4n) is 2.00. The van der Waals surface area contributed by atoms with Crippen LogP contribution < -0.4 is 14.8 Å². The highest BCUT2D eigenvalue weighted by Crippen LogP contribution is 2.34. The first-order chi connectivity index (χ1) is 11.0. The molecule has 0 aliphatic carbocycles. The summed E-state index contributed by atoms with van der Waals surface area (Å²) in [6, 6.07) is 5.31. The van der Waals surface area contributed by atoms with Crippen molar-refractivity contribution in [3.05, 3.63) is 24.0 Å². The van der Waals surface area contributed by atoms with Gasteiger partial charge in [0.1, 0.15) is 5.82 Å². The number of carbonyl (C=O) groups excluding carboxylic acids is 1. The Kier molecular flexibility index (Phi) is 4.42. The number of aromatic nitrogens is 3. The topological polar surface area (TPSA) is 89.1 Å². The van der Waals surface area contributed by atoms with E-state index < -0.39 is 0 Å². The van der Waals surface area contributed by atoms with E-state index >= 15 is 0 Å². The predicted molar refractivity (Wildman–Crippen MR) is 87.0 cm³/mol. The number of nitrogens with zero attached hydrogens (tertiary/aromatic N) is 2. The number of fused-ring (bicyclic) bond motifs is 1. The summed E-state index contributed by atoms with van der Waals surface area (Å²) in [4.78, 5) is 16.7. The Bertz CT molecular complexity index is 716. The number of nitrogens with one attached hydrogen (secondary N) is 2. The van der Waals surface area contributed by atoms with Gasteiger partial charge in [-0.25, -0.2) is 4.98 Å². The molecule has 1 aromatic carbocycles. The maximum absolute atomic E-state index is 12.3. The molecule has 1 amide bonds. The van der Waals surface area contributed by atoms with E-state index in [1.165, 1.54) is 11.8 Å². The second-order valence-corrected chi connectivity index (χ2v) is 6.78.